The van der Waals surface area contributed by atoms with Crippen LogP contribution < -0.4 is 4.90 Å². The van der Waals surface area contributed by atoms with Crippen LogP contribution in [0, 0.1) is 6.92 Å². The number of rotatable bonds is 1. The largest absolute Gasteiger partial charge is 0.355 e. The molecular formula is C10H13BrN2OS. The number of aryl methyl sites for hydroxylation is 1. The summed E-state index contributed by atoms with van der Waals surface area (Å²) in [6, 6.07) is 2.07. The molecule has 0 spiro atoms. The fourth-order valence-electron chi connectivity index (χ4n) is 1.56. The molecule has 82 valence electrons. The summed E-state index contributed by atoms with van der Waals surface area (Å²) in [6.07, 6.45) is 1.83. The van der Waals surface area contributed by atoms with Gasteiger partial charge in [0, 0.05) is 46.1 Å². The Hall–Kier alpha value is -0.420. The van der Waals surface area contributed by atoms with Gasteiger partial charge in [-0.3, -0.25) is 4.21 Å². The molecule has 1 aromatic heterocycles. The van der Waals surface area contributed by atoms with Crippen molar-refractivity contribution < 1.29 is 4.21 Å². The highest BCUT2D eigenvalue weighted by atomic mass is 79.9. The molecule has 0 bridgehead atoms. The predicted octanol–water partition coefficient (Wildman–Crippen LogP) is 1.72. The Morgan fingerprint density at radius 1 is 1.47 bits per heavy atom. The molecule has 0 aliphatic carbocycles. The van der Waals surface area contributed by atoms with Crippen molar-refractivity contribution in [1.29, 1.82) is 0 Å². The first-order chi connectivity index (χ1) is 7.16. The lowest BCUT2D eigenvalue weighted by Gasteiger charge is -2.27. The second-order valence-corrected chi connectivity index (χ2v) is 6.18. The van der Waals surface area contributed by atoms with Gasteiger partial charge in [0.25, 0.3) is 0 Å². The average molecular weight is 289 g/mol. The molecule has 5 heteroatoms. The highest BCUT2D eigenvalue weighted by Crippen LogP contribution is 2.20. The maximum Gasteiger partial charge on any atom is 0.128 e. The average Bonchev–Trinajstić information content (AvgIpc) is 2.23. The normalized spacial score (nSPS) is 18.1. The molecule has 1 aromatic rings. The van der Waals surface area contributed by atoms with Gasteiger partial charge in [-0.25, -0.2) is 4.98 Å². The fraction of sp³-hybridized carbons (Fsp3) is 0.500. The van der Waals surface area contributed by atoms with Gasteiger partial charge in [0.05, 0.1) is 0 Å². The van der Waals surface area contributed by atoms with E-state index in [1.165, 1.54) is 5.56 Å². The zero-order valence-corrected chi connectivity index (χ0v) is 11.0. The van der Waals surface area contributed by atoms with Gasteiger partial charge >= 0.3 is 0 Å². The monoisotopic (exact) mass is 288 g/mol. The van der Waals surface area contributed by atoms with Crippen LogP contribution in [-0.4, -0.2) is 33.8 Å². The summed E-state index contributed by atoms with van der Waals surface area (Å²) in [4.78, 5) is 6.56. The number of aromatic nitrogens is 1. The summed E-state index contributed by atoms with van der Waals surface area (Å²) in [7, 11) is -0.623. The van der Waals surface area contributed by atoms with Crippen LogP contribution >= 0.6 is 15.9 Å². The molecule has 1 aliphatic rings. The molecule has 1 saturated heterocycles. The molecule has 0 saturated carbocycles. The lowest BCUT2D eigenvalue weighted by Crippen LogP contribution is -2.38. The molecule has 0 atom stereocenters. The van der Waals surface area contributed by atoms with Crippen molar-refractivity contribution in [2.75, 3.05) is 29.5 Å². The number of hydrogen-bond acceptors (Lipinski definition) is 3. The second-order valence-electron chi connectivity index (χ2n) is 3.63. The third-order valence-corrected chi connectivity index (χ3v) is 4.64. The van der Waals surface area contributed by atoms with E-state index in [1.54, 1.807) is 0 Å². The van der Waals surface area contributed by atoms with Crippen molar-refractivity contribution in [3.63, 3.8) is 0 Å². The van der Waals surface area contributed by atoms with Crippen molar-refractivity contribution in [3.8, 4) is 0 Å². The Morgan fingerprint density at radius 2 is 2.13 bits per heavy atom. The van der Waals surface area contributed by atoms with Gasteiger partial charge < -0.3 is 4.90 Å². The van der Waals surface area contributed by atoms with E-state index in [-0.39, 0.29) is 0 Å². The Morgan fingerprint density at radius 3 is 2.73 bits per heavy atom. The summed E-state index contributed by atoms with van der Waals surface area (Å²) >= 11 is 3.43. The van der Waals surface area contributed by atoms with E-state index >= 15 is 0 Å². The summed E-state index contributed by atoms with van der Waals surface area (Å²) in [5, 5.41) is 0. The van der Waals surface area contributed by atoms with Crippen LogP contribution in [0.2, 0.25) is 0 Å². The van der Waals surface area contributed by atoms with E-state index < -0.39 is 10.8 Å². The molecular weight excluding hydrogens is 276 g/mol. The Kier molecular flexibility index (Phi) is 3.41. The van der Waals surface area contributed by atoms with Crippen LogP contribution in [0.25, 0.3) is 0 Å². The topological polar surface area (TPSA) is 33.2 Å². The van der Waals surface area contributed by atoms with Crippen molar-refractivity contribution in [1.82, 2.24) is 4.98 Å². The minimum Gasteiger partial charge on any atom is -0.355 e. The van der Waals surface area contributed by atoms with Crippen molar-refractivity contribution in [3.05, 3.63) is 22.3 Å². The summed E-state index contributed by atoms with van der Waals surface area (Å²) in [5.74, 6) is 2.51. The lowest BCUT2D eigenvalue weighted by atomic mass is 10.3. The highest BCUT2D eigenvalue weighted by Gasteiger charge is 2.16. The van der Waals surface area contributed by atoms with E-state index in [0.717, 1.165) is 34.9 Å². The zero-order valence-electron chi connectivity index (χ0n) is 8.57. The van der Waals surface area contributed by atoms with Crippen molar-refractivity contribution in [2.45, 2.75) is 6.92 Å². The maximum absolute atomic E-state index is 11.2. The fourth-order valence-corrected chi connectivity index (χ4v) is 2.83. The summed E-state index contributed by atoms with van der Waals surface area (Å²) in [6.45, 7) is 3.75. The van der Waals surface area contributed by atoms with Gasteiger partial charge in [0.1, 0.15) is 5.82 Å². The Labute approximate surface area is 100 Å². The van der Waals surface area contributed by atoms with E-state index in [9.17, 15) is 4.21 Å². The molecule has 15 heavy (non-hydrogen) atoms. The van der Waals surface area contributed by atoms with Crippen LogP contribution in [-0.2, 0) is 10.8 Å². The van der Waals surface area contributed by atoms with Crippen LogP contribution in [0.5, 0.6) is 0 Å². The predicted molar refractivity (Wildman–Crippen MR) is 66.8 cm³/mol. The first-order valence-electron chi connectivity index (χ1n) is 4.89. The Balaban J connectivity index is 2.16. The molecule has 1 fully saturated rings. The van der Waals surface area contributed by atoms with Gasteiger partial charge in [-0.2, -0.15) is 0 Å². The SMILES string of the molecule is Cc1cc(N2CCS(=O)CC2)ncc1Br. The van der Waals surface area contributed by atoms with Gasteiger partial charge in [-0.15, -0.1) is 0 Å². The van der Waals surface area contributed by atoms with Crippen LogP contribution in [0.1, 0.15) is 5.56 Å². The minimum atomic E-state index is -0.623. The van der Waals surface area contributed by atoms with Gasteiger partial charge in [-0.1, -0.05) is 0 Å². The minimum absolute atomic E-state index is 0.623. The van der Waals surface area contributed by atoms with Crippen LogP contribution in [0.15, 0.2) is 16.7 Å². The molecule has 3 nitrogen and oxygen atoms in total. The molecule has 0 aromatic carbocycles. The Bertz CT molecular complexity index is 387. The summed E-state index contributed by atoms with van der Waals surface area (Å²) < 4.78 is 12.3. The smallest absolute Gasteiger partial charge is 0.128 e. The highest BCUT2D eigenvalue weighted by molar-refractivity contribution is 9.10. The summed E-state index contributed by atoms with van der Waals surface area (Å²) in [5.41, 5.74) is 1.19. The maximum atomic E-state index is 11.2. The standard InChI is InChI=1S/C10H13BrN2OS/c1-8-6-10(12-7-9(8)11)13-2-4-15(14)5-3-13/h6-7H,2-5H2,1H3. The van der Waals surface area contributed by atoms with Crippen LogP contribution in [0.4, 0.5) is 5.82 Å². The van der Waals surface area contributed by atoms with E-state index in [0.29, 0.717) is 0 Å². The number of halogens is 1. The van der Waals surface area contributed by atoms with E-state index in [4.69, 9.17) is 0 Å². The molecule has 0 N–H and O–H groups in total. The molecule has 2 rings (SSSR count). The van der Waals surface area contributed by atoms with Gasteiger partial charge in [-0.05, 0) is 34.5 Å². The molecule has 0 unspecified atom stereocenters. The van der Waals surface area contributed by atoms with E-state index in [2.05, 4.69) is 38.8 Å². The third kappa shape index (κ3) is 2.58. The van der Waals surface area contributed by atoms with Gasteiger partial charge in [0.2, 0.25) is 0 Å². The molecule has 1 aliphatic heterocycles. The molecule has 2 heterocycles. The molecule has 0 radical (unpaired) electrons. The third-order valence-electron chi connectivity index (χ3n) is 2.53. The van der Waals surface area contributed by atoms with E-state index in [1.807, 2.05) is 6.20 Å². The van der Waals surface area contributed by atoms with Gasteiger partial charge in [0.15, 0.2) is 0 Å². The van der Waals surface area contributed by atoms with Crippen molar-refractivity contribution in [2.24, 2.45) is 0 Å². The first kappa shape index (κ1) is 11.1. The quantitative estimate of drug-likeness (QED) is 0.789. The first-order valence-corrected chi connectivity index (χ1v) is 7.17. The van der Waals surface area contributed by atoms with Crippen LogP contribution in [0.3, 0.4) is 0 Å². The lowest BCUT2D eigenvalue weighted by molar-refractivity contribution is 0.672. The van der Waals surface area contributed by atoms with Crippen molar-refractivity contribution >= 4 is 32.5 Å². The molecule has 0 amide bonds. The number of hydrogen-bond donors (Lipinski definition) is 0. The number of pyridine rings is 1. The number of nitrogens with zero attached hydrogens (tertiary/aromatic N) is 2. The second kappa shape index (κ2) is 4.61. The number of anilines is 1. The zero-order chi connectivity index (χ0) is 10.8.